The highest BCUT2D eigenvalue weighted by molar-refractivity contribution is 5.79. The largest absolute Gasteiger partial charge is 0.368 e. The number of hydrogen-bond donors (Lipinski definition) is 2. The zero-order valence-corrected chi connectivity index (χ0v) is 7.70. The number of nitrogens with two attached hydrogens (primary N) is 1. The summed E-state index contributed by atoms with van der Waals surface area (Å²) in [6.07, 6.45) is 0. The monoisotopic (exact) mass is 183 g/mol. The standard InChI is InChI=1S/C8H13N3O2/c1-5-3-7(13-11-5)4-10-6(2)8(9)12/h3,6,10H,4H2,1-2H3,(H2,9,12). The summed E-state index contributed by atoms with van der Waals surface area (Å²) in [7, 11) is 0. The molecule has 1 aromatic heterocycles. The molecule has 0 aromatic carbocycles. The summed E-state index contributed by atoms with van der Waals surface area (Å²) in [5.74, 6) is 0.321. The van der Waals surface area contributed by atoms with E-state index in [2.05, 4.69) is 10.5 Å². The van der Waals surface area contributed by atoms with Gasteiger partial charge in [0.1, 0.15) is 0 Å². The minimum Gasteiger partial charge on any atom is -0.368 e. The Labute approximate surface area is 76.3 Å². The van der Waals surface area contributed by atoms with Crippen molar-refractivity contribution in [3.63, 3.8) is 0 Å². The first kappa shape index (κ1) is 9.73. The van der Waals surface area contributed by atoms with Crippen LogP contribution >= 0.6 is 0 Å². The summed E-state index contributed by atoms with van der Waals surface area (Å²) in [5.41, 5.74) is 5.88. The van der Waals surface area contributed by atoms with Crippen LogP contribution in [0.4, 0.5) is 0 Å². The van der Waals surface area contributed by atoms with E-state index in [9.17, 15) is 4.79 Å². The number of carbonyl (C=O) groups is 1. The third-order valence-electron chi connectivity index (χ3n) is 1.69. The Kier molecular flexibility index (Phi) is 3.02. The molecule has 72 valence electrons. The van der Waals surface area contributed by atoms with Crippen molar-refractivity contribution in [1.82, 2.24) is 10.5 Å². The topological polar surface area (TPSA) is 81.1 Å². The molecule has 5 nitrogen and oxygen atoms in total. The first-order chi connectivity index (χ1) is 6.09. The lowest BCUT2D eigenvalue weighted by Gasteiger charge is -2.06. The maximum Gasteiger partial charge on any atom is 0.234 e. The van der Waals surface area contributed by atoms with Crippen LogP contribution < -0.4 is 11.1 Å². The van der Waals surface area contributed by atoms with Crippen molar-refractivity contribution in [1.29, 1.82) is 0 Å². The second-order valence-corrected chi connectivity index (χ2v) is 2.94. The second kappa shape index (κ2) is 4.04. The van der Waals surface area contributed by atoms with Gasteiger partial charge in [0.05, 0.1) is 18.3 Å². The Balaban J connectivity index is 2.39. The van der Waals surface area contributed by atoms with Gasteiger partial charge in [-0.05, 0) is 13.8 Å². The molecule has 0 saturated heterocycles. The van der Waals surface area contributed by atoms with Crippen LogP contribution in [0.1, 0.15) is 18.4 Å². The average Bonchev–Trinajstić information content (AvgIpc) is 2.47. The fraction of sp³-hybridized carbons (Fsp3) is 0.500. The first-order valence-corrected chi connectivity index (χ1v) is 4.04. The van der Waals surface area contributed by atoms with Crippen LogP contribution in [0.2, 0.25) is 0 Å². The van der Waals surface area contributed by atoms with Crippen LogP contribution in [0.3, 0.4) is 0 Å². The quantitative estimate of drug-likeness (QED) is 0.685. The fourth-order valence-electron chi connectivity index (χ4n) is 0.854. The molecule has 5 heteroatoms. The van der Waals surface area contributed by atoms with Gasteiger partial charge in [-0.1, -0.05) is 5.16 Å². The lowest BCUT2D eigenvalue weighted by atomic mass is 10.3. The summed E-state index contributed by atoms with van der Waals surface area (Å²) in [6, 6.07) is 1.45. The van der Waals surface area contributed by atoms with Crippen molar-refractivity contribution in [3.8, 4) is 0 Å². The Morgan fingerprint density at radius 3 is 3.00 bits per heavy atom. The van der Waals surface area contributed by atoms with Crippen LogP contribution in [0, 0.1) is 6.92 Å². The van der Waals surface area contributed by atoms with Crippen LogP contribution in [-0.4, -0.2) is 17.1 Å². The van der Waals surface area contributed by atoms with Gasteiger partial charge in [0.2, 0.25) is 5.91 Å². The second-order valence-electron chi connectivity index (χ2n) is 2.94. The van der Waals surface area contributed by atoms with E-state index in [1.165, 1.54) is 0 Å². The van der Waals surface area contributed by atoms with Crippen molar-refractivity contribution in [2.24, 2.45) is 5.73 Å². The normalized spacial score (nSPS) is 12.8. The van der Waals surface area contributed by atoms with Crippen LogP contribution in [-0.2, 0) is 11.3 Å². The van der Waals surface area contributed by atoms with E-state index in [4.69, 9.17) is 10.3 Å². The van der Waals surface area contributed by atoms with Gasteiger partial charge >= 0.3 is 0 Å². The minimum absolute atomic E-state index is 0.356. The molecule has 0 spiro atoms. The lowest BCUT2D eigenvalue weighted by Crippen LogP contribution is -2.38. The van der Waals surface area contributed by atoms with E-state index in [1.54, 1.807) is 13.0 Å². The fourth-order valence-corrected chi connectivity index (χ4v) is 0.854. The number of hydrogen-bond acceptors (Lipinski definition) is 4. The summed E-state index contributed by atoms with van der Waals surface area (Å²) in [4.78, 5) is 10.6. The van der Waals surface area contributed by atoms with Gasteiger partial charge in [-0.25, -0.2) is 0 Å². The molecule has 0 fully saturated rings. The van der Waals surface area contributed by atoms with Crippen LogP contribution in [0.5, 0.6) is 0 Å². The van der Waals surface area contributed by atoms with Crippen molar-refractivity contribution in [3.05, 3.63) is 17.5 Å². The Morgan fingerprint density at radius 1 is 1.85 bits per heavy atom. The van der Waals surface area contributed by atoms with E-state index in [-0.39, 0.29) is 11.9 Å². The Hall–Kier alpha value is -1.36. The van der Waals surface area contributed by atoms with Gasteiger partial charge in [-0.3, -0.25) is 10.1 Å². The van der Waals surface area contributed by atoms with Crippen molar-refractivity contribution >= 4 is 5.91 Å². The van der Waals surface area contributed by atoms with Crippen LogP contribution in [0.15, 0.2) is 10.6 Å². The first-order valence-electron chi connectivity index (χ1n) is 4.04. The molecule has 1 heterocycles. The maximum atomic E-state index is 10.6. The maximum absolute atomic E-state index is 10.6. The third kappa shape index (κ3) is 2.87. The summed E-state index contributed by atoms with van der Waals surface area (Å²) in [5, 5.41) is 6.61. The molecule has 1 atom stereocenters. The molecular formula is C8H13N3O2. The molecule has 0 bridgehead atoms. The van der Waals surface area contributed by atoms with E-state index in [1.807, 2.05) is 6.92 Å². The van der Waals surface area contributed by atoms with E-state index in [0.717, 1.165) is 5.69 Å². The Bertz CT molecular complexity index is 295. The average molecular weight is 183 g/mol. The number of aryl methyl sites for hydroxylation is 1. The van der Waals surface area contributed by atoms with Gasteiger partial charge in [0.25, 0.3) is 0 Å². The number of rotatable bonds is 4. The van der Waals surface area contributed by atoms with Gasteiger partial charge in [0, 0.05) is 6.07 Å². The van der Waals surface area contributed by atoms with E-state index >= 15 is 0 Å². The number of nitrogens with zero attached hydrogens (tertiary/aromatic N) is 1. The van der Waals surface area contributed by atoms with Gasteiger partial charge in [-0.15, -0.1) is 0 Å². The van der Waals surface area contributed by atoms with Crippen molar-refractivity contribution in [2.45, 2.75) is 26.4 Å². The third-order valence-corrected chi connectivity index (χ3v) is 1.69. The molecular weight excluding hydrogens is 170 g/mol. The number of nitrogens with one attached hydrogen (secondary N) is 1. The molecule has 1 unspecified atom stereocenters. The predicted molar refractivity (Wildman–Crippen MR) is 46.7 cm³/mol. The number of carbonyl (C=O) groups excluding carboxylic acids is 1. The van der Waals surface area contributed by atoms with Gasteiger partial charge in [-0.2, -0.15) is 0 Å². The molecule has 3 N–H and O–H groups in total. The number of primary amides is 1. The SMILES string of the molecule is Cc1cc(CNC(C)C(N)=O)on1. The number of aromatic nitrogens is 1. The zero-order chi connectivity index (χ0) is 9.84. The molecule has 0 radical (unpaired) electrons. The summed E-state index contributed by atoms with van der Waals surface area (Å²) in [6.45, 7) is 4.00. The molecule has 1 aromatic rings. The molecule has 0 saturated carbocycles. The predicted octanol–water partition coefficient (Wildman–Crippen LogP) is -0.0536. The molecule has 0 aliphatic rings. The van der Waals surface area contributed by atoms with E-state index < -0.39 is 0 Å². The molecule has 1 rings (SSSR count). The summed E-state index contributed by atoms with van der Waals surface area (Å²) >= 11 is 0. The van der Waals surface area contributed by atoms with E-state index in [0.29, 0.717) is 12.3 Å². The molecule has 1 amide bonds. The minimum atomic E-state index is -0.378. The van der Waals surface area contributed by atoms with Gasteiger partial charge < -0.3 is 10.3 Å². The highest BCUT2D eigenvalue weighted by Gasteiger charge is 2.08. The Morgan fingerprint density at radius 2 is 2.54 bits per heavy atom. The smallest absolute Gasteiger partial charge is 0.234 e. The van der Waals surface area contributed by atoms with Crippen molar-refractivity contribution in [2.75, 3.05) is 0 Å². The van der Waals surface area contributed by atoms with Gasteiger partial charge in [0.15, 0.2) is 5.76 Å². The number of amides is 1. The highest BCUT2D eigenvalue weighted by Crippen LogP contribution is 2.01. The summed E-state index contributed by atoms with van der Waals surface area (Å²) < 4.78 is 4.93. The van der Waals surface area contributed by atoms with Crippen LogP contribution in [0.25, 0.3) is 0 Å². The highest BCUT2D eigenvalue weighted by atomic mass is 16.5. The zero-order valence-electron chi connectivity index (χ0n) is 7.70. The molecule has 13 heavy (non-hydrogen) atoms. The molecule has 0 aliphatic heterocycles. The van der Waals surface area contributed by atoms with Crippen molar-refractivity contribution < 1.29 is 9.32 Å². The molecule has 0 aliphatic carbocycles. The lowest BCUT2D eigenvalue weighted by molar-refractivity contribution is -0.119.